The van der Waals surface area contributed by atoms with Gasteiger partial charge in [-0.05, 0) is 50.8 Å². The Labute approximate surface area is 223 Å². The number of rotatable bonds is 4. The summed E-state index contributed by atoms with van der Waals surface area (Å²) >= 11 is 6.08. The van der Waals surface area contributed by atoms with Crippen LogP contribution in [0.3, 0.4) is 0 Å². The van der Waals surface area contributed by atoms with Gasteiger partial charge in [0, 0.05) is 41.7 Å². The van der Waals surface area contributed by atoms with Crippen molar-refractivity contribution < 1.29 is 9.59 Å². The lowest BCUT2D eigenvalue weighted by molar-refractivity contribution is -0.140. The van der Waals surface area contributed by atoms with Gasteiger partial charge in [-0.2, -0.15) is 5.10 Å². The summed E-state index contributed by atoms with van der Waals surface area (Å²) in [4.78, 5) is 35.5. The maximum absolute atomic E-state index is 13.7. The molecule has 0 bridgehead atoms. The molecule has 2 fully saturated rings. The second-order valence-electron chi connectivity index (χ2n) is 11.4. The number of benzene rings is 1. The lowest BCUT2D eigenvalue weighted by atomic mass is 9.87. The third kappa shape index (κ3) is 5.11. The Kier molecular flexibility index (Phi) is 7.01. The fourth-order valence-corrected chi connectivity index (χ4v) is 5.88. The molecule has 2 aromatic heterocycles. The molecule has 1 aliphatic heterocycles. The van der Waals surface area contributed by atoms with E-state index < -0.39 is 5.54 Å². The summed E-state index contributed by atoms with van der Waals surface area (Å²) in [5.41, 5.74) is 3.37. The minimum absolute atomic E-state index is 0.122. The van der Waals surface area contributed by atoms with Gasteiger partial charge in [0.05, 0.1) is 17.4 Å². The highest BCUT2D eigenvalue weighted by Gasteiger charge is 2.40. The van der Waals surface area contributed by atoms with Gasteiger partial charge in [-0.1, -0.05) is 56.8 Å². The average molecular weight is 522 g/mol. The van der Waals surface area contributed by atoms with E-state index in [4.69, 9.17) is 21.7 Å². The minimum atomic E-state index is -0.488. The van der Waals surface area contributed by atoms with Gasteiger partial charge in [-0.15, -0.1) is 0 Å². The van der Waals surface area contributed by atoms with Gasteiger partial charge in [-0.3, -0.25) is 9.59 Å². The Morgan fingerprint density at radius 1 is 1.05 bits per heavy atom. The molecule has 3 heterocycles. The first-order chi connectivity index (χ1) is 17.6. The minimum Gasteiger partial charge on any atom is -0.338 e. The molecule has 0 unspecified atom stereocenters. The molecular formula is C29H36ClN5O2. The number of piperazine rings is 1. The molecule has 2 aliphatic rings. The first-order valence-electron chi connectivity index (χ1n) is 13.4. The van der Waals surface area contributed by atoms with Crippen molar-refractivity contribution in [1.82, 2.24) is 24.4 Å². The molecule has 3 aromatic rings. The van der Waals surface area contributed by atoms with Crippen LogP contribution in [0.25, 0.3) is 16.9 Å². The highest BCUT2D eigenvalue weighted by Crippen LogP contribution is 2.30. The number of amides is 2. The average Bonchev–Trinajstić information content (AvgIpc) is 3.32. The Morgan fingerprint density at radius 3 is 2.41 bits per heavy atom. The molecule has 2 amide bonds. The zero-order valence-corrected chi connectivity index (χ0v) is 23.0. The maximum atomic E-state index is 13.7. The van der Waals surface area contributed by atoms with E-state index in [0.717, 1.165) is 42.5 Å². The van der Waals surface area contributed by atoms with Gasteiger partial charge in [0.1, 0.15) is 5.69 Å². The highest BCUT2D eigenvalue weighted by atomic mass is 35.5. The van der Waals surface area contributed by atoms with E-state index in [0.29, 0.717) is 36.0 Å². The zero-order chi connectivity index (χ0) is 26.3. The van der Waals surface area contributed by atoms with E-state index in [9.17, 15) is 9.59 Å². The fourth-order valence-electron chi connectivity index (χ4n) is 5.76. The number of carbonyl (C=O) groups is 2. The third-order valence-corrected chi connectivity index (χ3v) is 8.10. The number of hydrogen-bond acceptors (Lipinski definition) is 4. The lowest BCUT2D eigenvalue weighted by Gasteiger charge is -2.47. The van der Waals surface area contributed by atoms with Crippen molar-refractivity contribution >= 4 is 29.1 Å². The van der Waals surface area contributed by atoms with Crippen molar-refractivity contribution in [3.63, 3.8) is 0 Å². The molecule has 1 aromatic carbocycles. The number of nitrogens with zero attached hydrogens (tertiary/aromatic N) is 5. The van der Waals surface area contributed by atoms with Crippen LogP contribution in [0.15, 0.2) is 36.5 Å². The zero-order valence-electron chi connectivity index (χ0n) is 22.2. The molecule has 7 nitrogen and oxygen atoms in total. The summed E-state index contributed by atoms with van der Waals surface area (Å²) in [5, 5.41) is 5.45. The van der Waals surface area contributed by atoms with Gasteiger partial charge in [0.2, 0.25) is 5.91 Å². The van der Waals surface area contributed by atoms with Gasteiger partial charge < -0.3 is 9.80 Å². The predicted molar refractivity (Wildman–Crippen MR) is 146 cm³/mol. The van der Waals surface area contributed by atoms with Crippen LogP contribution in [0, 0.1) is 5.92 Å². The molecular weight excluding hydrogens is 486 g/mol. The summed E-state index contributed by atoms with van der Waals surface area (Å²) in [6.07, 6.45) is 7.21. The van der Waals surface area contributed by atoms with Crippen LogP contribution >= 0.6 is 11.6 Å². The molecule has 8 heteroatoms. The first-order valence-corrected chi connectivity index (χ1v) is 13.8. The molecule has 1 saturated carbocycles. The predicted octanol–water partition coefficient (Wildman–Crippen LogP) is 5.82. The normalized spacial score (nSPS) is 18.5. The lowest BCUT2D eigenvalue weighted by Crippen LogP contribution is -2.62. The Balaban J connectivity index is 1.41. The van der Waals surface area contributed by atoms with Crippen molar-refractivity contribution in [2.24, 2.45) is 5.92 Å². The fraction of sp³-hybridized carbons (Fsp3) is 0.517. The van der Waals surface area contributed by atoms with E-state index in [2.05, 4.69) is 13.8 Å². The summed E-state index contributed by atoms with van der Waals surface area (Å²) in [6, 6.07) is 9.63. The van der Waals surface area contributed by atoms with E-state index in [1.165, 1.54) is 6.42 Å². The molecule has 37 heavy (non-hydrogen) atoms. The van der Waals surface area contributed by atoms with Crippen LogP contribution in [0.2, 0.25) is 5.02 Å². The molecule has 1 saturated heterocycles. The van der Waals surface area contributed by atoms with Crippen molar-refractivity contribution in [2.75, 3.05) is 19.6 Å². The molecule has 0 radical (unpaired) electrons. The summed E-state index contributed by atoms with van der Waals surface area (Å²) in [6.45, 7) is 9.91. The summed E-state index contributed by atoms with van der Waals surface area (Å²) < 4.78 is 1.72. The second-order valence-corrected chi connectivity index (χ2v) is 11.8. The van der Waals surface area contributed by atoms with Crippen LogP contribution < -0.4 is 0 Å². The monoisotopic (exact) mass is 521 g/mol. The molecule has 0 N–H and O–H groups in total. The summed E-state index contributed by atoms with van der Waals surface area (Å²) in [7, 11) is 0. The van der Waals surface area contributed by atoms with Crippen LogP contribution in [0.1, 0.15) is 81.8 Å². The largest absolute Gasteiger partial charge is 0.338 e. The standard InChI is InChI=1S/C29H36ClN5O2/c1-19(2)23-16-24(20-10-12-22(30)13-11-20)32-35-17-25(31-26(23)35)28(37)34-15-14-33(18-29(34,3)4)27(36)21-8-6-5-7-9-21/h10-13,16-17,19,21H,5-9,14-15,18H2,1-4H3. The van der Waals surface area contributed by atoms with Crippen LogP contribution in [0.4, 0.5) is 0 Å². The van der Waals surface area contributed by atoms with Crippen molar-refractivity contribution in [3.8, 4) is 11.3 Å². The number of imidazole rings is 1. The number of halogens is 1. The number of carbonyl (C=O) groups excluding carboxylic acids is 2. The van der Waals surface area contributed by atoms with Crippen molar-refractivity contribution in [1.29, 1.82) is 0 Å². The smallest absolute Gasteiger partial charge is 0.274 e. The number of aromatic nitrogens is 3. The quantitative estimate of drug-likeness (QED) is 0.434. The topological polar surface area (TPSA) is 70.8 Å². The van der Waals surface area contributed by atoms with Crippen LogP contribution in [0.5, 0.6) is 0 Å². The molecule has 0 atom stereocenters. The van der Waals surface area contributed by atoms with Crippen LogP contribution in [-0.4, -0.2) is 61.4 Å². The van der Waals surface area contributed by atoms with Gasteiger partial charge in [0.25, 0.3) is 5.91 Å². The Morgan fingerprint density at radius 2 is 1.76 bits per heavy atom. The van der Waals surface area contributed by atoms with Crippen molar-refractivity contribution in [3.05, 3.63) is 52.8 Å². The SMILES string of the molecule is CC(C)c1cc(-c2ccc(Cl)cc2)nn2cc(C(=O)N3CCN(C(=O)C4CCCCC4)CC3(C)C)nc12. The molecule has 5 rings (SSSR count). The maximum Gasteiger partial charge on any atom is 0.274 e. The third-order valence-electron chi connectivity index (χ3n) is 7.85. The molecule has 196 valence electrons. The van der Waals surface area contributed by atoms with E-state index >= 15 is 0 Å². The first kappa shape index (κ1) is 25.7. The van der Waals surface area contributed by atoms with Crippen molar-refractivity contribution in [2.45, 2.75) is 71.3 Å². The number of hydrogen-bond donors (Lipinski definition) is 0. The molecule has 0 spiro atoms. The van der Waals surface area contributed by atoms with Gasteiger partial charge >= 0.3 is 0 Å². The Hall–Kier alpha value is -2.93. The van der Waals surface area contributed by atoms with E-state index in [1.807, 2.05) is 54.0 Å². The second kappa shape index (κ2) is 10.1. The number of fused-ring (bicyclic) bond motifs is 1. The Bertz CT molecular complexity index is 1310. The van der Waals surface area contributed by atoms with E-state index in [1.54, 1.807) is 10.7 Å². The van der Waals surface area contributed by atoms with Gasteiger partial charge in [-0.25, -0.2) is 9.50 Å². The summed E-state index contributed by atoms with van der Waals surface area (Å²) in [5.74, 6) is 0.476. The van der Waals surface area contributed by atoms with Gasteiger partial charge in [0.15, 0.2) is 5.65 Å². The molecule has 1 aliphatic carbocycles. The van der Waals surface area contributed by atoms with E-state index in [-0.39, 0.29) is 23.7 Å². The van der Waals surface area contributed by atoms with Crippen LogP contribution in [-0.2, 0) is 4.79 Å². The highest BCUT2D eigenvalue weighted by molar-refractivity contribution is 6.30.